The fourth-order valence-electron chi connectivity index (χ4n) is 3.46. The minimum absolute atomic E-state index is 0.142. The van der Waals surface area contributed by atoms with E-state index in [1.165, 1.54) is 6.21 Å². The van der Waals surface area contributed by atoms with Gasteiger partial charge < -0.3 is 18.6 Å². The molecule has 37 heavy (non-hydrogen) atoms. The summed E-state index contributed by atoms with van der Waals surface area (Å²) in [4.78, 5) is 12.5. The lowest BCUT2D eigenvalue weighted by atomic mass is 10.2. The molecule has 0 atom stereocenters. The number of hydrogen-bond donors (Lipinski definition) is 1. The lowest BCUT2D eigenvalue weighted by Crippen LogP contribution is -2.16. The van der Waals surface area contributed by atoms with E-state index in [2.05, 4.69) is 26.5 Å². The van der Waals surface area contributed by atoms with Gasteiger partial charge in [-0.1, -0.05) is 29.3 Å². The van der Waals surface area contributed by atoms with Gasteiger partial charge in [-0.3, -0.25) is 4.79 Å². The average molecular weight is 606 g/mol. The Hall–Kier alpha value is -3.20. The Morgan fingerprint density at radius 3 is 2.57 bits per heavy atom. The number of halogens is 3. The first kappa shape index (κ1) is 26.9. The van der Waals surface area contributed by atoms with E-state index in [1.807, 2.05) is 26.0 Å². The number of benzene rings is 3. The number of nitrogens with one attached hydrogen (secondary N) is 1. The number of hydrogen-bond acceptors (Lipinski definition) is 6. The maximum Gasteiger partial charge on any atom is 0.307 e. The molecule has 0 spiro atoms. The Kier molecular flexibility index (Phi) is 8.97. The minimum Gasteiger partial charge on any atom is -0.494 e. The fourth-order valence-corrected chi connectivity index (χ4v) is 4.36. The summed E-state index contributed by atoms with van der Waals surface area (Å²) in [6, 6.07) is 15.9. The number of nitrogens with zero attached hydrogens (tertiary/aromatic N) is 1. The molecule has 4 rings (SSSR count). The van der Waals surface area contributed by atoms with E-state index in [1.54, 1.807) is 42.5 Å². The van der Waals surface area contributed by atoms with E-state index >= 15 is 0 Å². The van der Waals surface area contributed by atoms with Crippen molar-refractivity contribution < 1.29 is 23.4 Å². The molecule has 3 aromatic carbocycles. The molecule has 0 radical (unpaired) electrons. The minimum atomic E-state index is -0.476. The summed E-state index contributed by atoms with van der Waals surface area (Å²) in [5.41, 5.74) is 4.61. The first-order chi connectivity index (χ1) is 17.9. The van der Waals surface area contributed by atoms with Crippen molar-refractivity contribution in [2.24, 2.45) is 5.10 Å². The number of furan rings is 1. The molecule has 1 heterocycles. The highest BCUT2D eigenvalue weighted by molar-refractivity contribution is 9.10. The number of carbonyl (C=O) groups excluding carboxylic acids is 1. The van der Waals surface area contributed by atoms with Crippen LogP contribution in [0.15, 0.2) is 68.6 Å². The molecule has 0 bridgehead atoms. The molecule has 4 aromatic rings. The number of hydrazone groups is 1. The van der Waals surface area contributed by atoms with E-state index in [0.717, 1.165) is 10.9 Å². The molecule has 0 fully saturated rings. The summed E-state index contributed by atoms with van der Waals surface area (Å²) in [5, 5.41) is 5.77. The van der Waals surface area contributed by atoms with Crippen LogP contribution in [0.25, 0.3) is 11.0 Å². The SMILES string of the molecule is CCOc1ccc2oc(C(=O)N/N=C/c3cc(Br)c(OCc4ccc(Cl)c(Cl)c4)c(OCC)c3)cc2c1. The topological polar surface area (TPSA) is 82.3 Å². The molecule has 1 N–H and O–H groups in total. The van der Waals surface area contributed by atoms with Gasteiger partial charge in [0, 0.05) is 5.39 Å². The summed E-state index contributed by atoms with van der Waals surface area (Å²) >= 11 is 15.6. The molecule has 1 aromatic heterocycles. The van der Waals surface area contributed by atoms with Crippen molar-refractivity contribution in [1.29, 1.82) is 0 Å². The van der Waals surface area contributed by atoms with Gasteiger partial charge in [0.15, 0.2) is 17.3 Å². The van der Waals surface area contributed by atoms with Gasteiger partial charge in [0.05, 0.1) is 33.9 Å². The first-order valence-electron chi connectivity index (χ1n) is 11.4. The summed E-state index contributed by atoms with van der Waals surface area (Å²) in [6.07, 6.45) is 1.50. The number of ether oxygens (including phenoxy) is 3. The zero-order valence-corrected chi connectivity index (χ0v) is 23.1. The van der Waals surface area contributed by atoms with E-state index < -0.39 is 5.91 Å². The highest BCUT2D eigenvalue weighted by Gasteiger charge is 2.14. The van der Waals surface area contributed by atoms with Gasteiger partial charge in [-0.25, -0.2) is 5.43 Å². The molecule has 0 saturated heterocycles. The van der Waals surface area contributed by atoms with Crippen LogP contribution in [0.5, 0.6) is 17.2 Å². The number of rotatable bonds is 10. The summed E-state index contributed by atoms with van der Waals surface area (Å²) in [5.74, 6) is 1.43. The van der Waals surface area contributed by atoms with Crippen molar-refractivity contribution in [1.82, 2.24) is 5.43 Å². The molecule has 192 valence electrons. The van der Waals surface area contributed by atoms with Gasteiger partial charge in [-0.05, 0) is 89.4 Å². The Labute approximate surface area is 232 Å². The Balaban J connectivity index is 1.45. The van der Waals surface area contributed by atoms with Crippen molar-refractivity contribution in [2.45, 2.75) is 20.5 Å². The summed E-state index contributed by atoms with van der Waals surface area (Å²) in [7, 11) is 0. The second-order valence-electron chi connectivity index (χ2n) is 7.74. The van der Waals surface area contributed by atoms with Crippen molar-refractivity contribution in [3.05, 3.63) is 86.0 Å². The number of fused-ring (bicyclic) bond motifs is 1. The summed E-state index contributed by atoms with van der Waals surface area (Å²) < 4.78 is 23.5. The molecule has 0 aliphatic carbocycles. The highest BCUT2D eigenvalue weighted by Crippen LogP contribution is 2.37. The Morgan fingerprint density at radius 1 is 1.00 bits per heavy atom. The van der Waals surface area contributed by atoms with Crippen LogP contribution in [-0.4, -0.2) is 25.3 Å². The van der Waals surface area contributed by atoms with Crippen molar-refractivity contribution in [3.63, 3.8) is 0 Å². The third-order valence-electron chi connectivity index (χ3n) is 5.10. The van der Waals surface area contributed by atoms with Crippen LogP contribution in [0, 0.1) is 0 Å². The van der Waals surface area contributed by atoms with Gasteiger partial charge >= 0.3 is 5.91 Å². The predicted molar refractivity (Wildman–Crippen MR) is 149 cm³/mol. The lowest BCUT2D eigenvalue weighted by Gasteiger charge is -2.15. The molecule has 0 aliphatic rings. The first-order valence-corrected chi connectivity index (χ1v) is 13.0. The van der Waals surface area contributed by atoms with Crippen LogP contribution in [0.1, 0.15) is 35.5 Å². The van der Waals surface area contributed by atoms with Crippen LogP contribution in [-0.2, 0) is 6.61 Å². The average Bonchev–Trinajstić information content (AvgIpc) is 3.30. The molecule has 0 aliphatic heterocycles. The van der Waals surface area contributed by atoms with Crippen LogP contribution in [0.3, 0.4) is 0 Å². The third-order valence-corrected chi connectivity index (χ3v) is 6.43. The van der Waals surface area contributed by atoms with Crippen molar-refractivity contribution >= 4 is 62.2 Å². The molecular weight excluding hydrogens is 583 g/mol. The van der Waals surface area contributed by atoms with Gasteiger partial charge in [0.25, 0.3) is 0 Å². The van der Waals surface area contributed by atoms with Crippen LogP contribution < -0.4 is 19.6 Å². The van der Waals surface area contributed by atoms with E-state index in [4.69, 9.17) is 41.8 Å². The normalized spacial score (nSPS) is 11.2. The van der Waals surface area contributed by atoms with Gasteiger partial charge in [0.1, 0.15) is 17.9 Å². The second-order valence-corrected chi connectivity index (χ2v) is 9.41. The smallest absolute Gasteiger partial charge is 0.307 e. The Morgan fingerprint density at radius 2 is 1.81 bits per heavy atom. The summed E-state index contributed by atoms with van der Waals surface area (Å²) in [6.45, 7) is 5.04. The lowest BCUT2D eigenvalue weighted by molar-refractivity contribution is 0.0929. The van der Waals surface area contributed by atoms with Crippen LogP contribution in [0.4, 0.5) is 0 Å². The maximum atomic E-state index is 12.5. The van der Waals surface area contributed by atoms with E-state index in [-0.39, 0.29) is 12.4 Å². The number of amides is 1. The standard InChI is InChI=1S/C27H23BrCl2N2O5/c1-3-34-19-6-8-23-18(12-19)13-25(37-23)27(33)32-31-14-17-9-20(28)26(24(11-17)35-4-2)36-15-16-5-7-21(29)22(30)10-16/h5-14H,3-4,15H2,1-2H3,(H,32,33)/b31-14+. The van der Waals surface area contributed by atoms with Crippen LogP contribution >= 0.6 is 39.1 Å². The molecule has 0 saturated carbocycles. The molecule has 0 unspecified atom stereocenters. The third kappa shape index (κ3) is 6.77. The monoisotopic (exact) mass is 604 g/mol. The largest absolute Gasteiger partial charge is 0.494 e. The fraction of sp³-hybridized carbons (Fsp3) is 0.185. The highest BCUT2D eigenvalue weighted by atomic mass is 79.9. The molecular formula is C27H23BrCl2N2O5. The zero-order chi connectivity index (χ0) is 26.4. The molecule has 10 heteroatoms. The van der Waals surface area contributed by atoms with E-state index in [9.17, 15) is 4.79 Å². The van der Waals surface area contributed by atoms with Gasteiger partial charge in [-0.2, -0.15) is 5.10 Å². The van der Waals surface area contributed by atoms with E-state index in [0.29, 0.717) is 56.1 Å². The molecule has 7 nitrogen and oxygen atoms in total. The second kappa shape index (κ2) is 12.4. The van der Waals surface area contributed by atoms with Gasteiger partial charge in [-0.15, -0.1) is 0 Å². The van der Waals surface area contributed by atoms with Crippen molar-refractivity contribution in [3.8, 4) is 17.2 Å². The number of carbonyl (C=O) groups is 1. The Bertz CT molecular complexity index is 1450. The van der Waals surface area contributed by atoms with Crippen molar-refractivity contribution in [2.75, 3.05) is 13.2 Å². The van der Waals surface area contributed by atoms with Gasteiger partial charge in [0.2, 0.25) is 0 Å². The molecule has 1 amide bonds. The maximum absolute atomic E-state index is 12.5. The predicted octanol–water partition coefficient (Wildman–Crippen LogP) is 7.64. The quantitative estimate of drug-likeness (QED) is 0.148. The van der Waals surface area contributed by atoms with Crippen LogP contribution in [0.2, 0.25) is 10.0 Å². The zero-order valence-electron chi connectivity index (χ0n) is 20.0.